The average Bonchev–Trinajstić information content (AvgIpc) is 2.54. The van der Waals surface area contributed by atoms with Crippen LogP contribution in [0.15, 0.2) is 53.0 Å². The number of nitrogens with one attached hydrogen (secondary N) is 1. The fourth-order valence-electron chi connectivity index (χ4n) is 2.16. The smallest absolute Gasteiger partial charge is 0.248 e. The fourth-order valence-corrected chi connectivity index (χ4v) is 2.87. The summed E-state index contributed by atoms with van der Waals surface area (Å²) < 4.78 is 0.957. The van der Waals surface area contributed by atoms with E-state index in [1.807, 2.05) is 60.3 Å². The normalized spacial score (nSPS) is 13.4. The molecule has 23 heavy (non-hydrogen) atoms. The van der Waals surface area contributed by atoms with E-state index >= 15 is 0 Å². The van der Waals surface area contributed by atoms with E-state index in [1.165, 1.54) is 5.56 Å². The Morgan fingerprint density at radius 3 is 2.35 bits per heavy atom. The van der Waals surface area contributed by atoms with Crippen LogP contribution in [0.3, 0.4) is 0 Å². The minimum absolute atomic E-state index is 0.225. The second-order valence-electron chi connectivity index (χ2n) is 5.60. The number of anilines is 1. The number of amides is 1. The van der Waals surface area contributed by atoms with Gasteiger partial charge >= 0.3 is 0 Å². The van der Waals surface area contributed by atoms with Gasteiger partial charge in [0.2, 0.25) is 5.91 Å². The number of aryl methyl sites for hydroxylation is 1. The van der Waals surface area contributed by atoms with Crippen LogP contribution in [0.5, 0.6) is 0 Å². The summed E-state index contributed by atoms with van der Waals surface area (Å²) in [5.41, 5.74) is 7.96. The van der Waals surface area contributed by atoms with Crippen molar-refractivity contribution in [1.82, 2.24) is 0 Å². The first-order valence-corrected chi connectivity index (χ1v) is 9.56. The number of benzene rings is 2. The molecule has 3 nitrogen and oxygen atoms in total. The molecule has 0 fully saturated rings. The lowest BCUT2D eigenvalue weighted by Gasteiger charge is -2.24. The van der Waals surface area contributed by atoms with E-state index in [0.717, 1.165) is 27.9 Å². The van der Waals surface area contributed by atoms with Crippen LogP contribution in [0.25, 0.3) is 0 Å². The van der Waals surface area contributed by atoms with Crippen molar-refractivity contribution in [3.63, 3.8) is 0 Å². The zero-order valence-electron chi connectivity index (χ0n) is 13.3. The Hall–Kier alpha value is -1.30. The number of hydrogen-bond acceptors (Lipinski definition) is 3. The molecular formula is C18H21BrN2OS. The summed E-state index contributed by atoms with van der Waals surface area (Å²) in [6, 6.07) is 15.4. The minimum atomic E-state index is -1.09. The van der Waals surface area contributed by atoms with Crippen LogP contribution in [-0.4, -0.2) is 17.9 Å². The van der Waals surface area contributed by atoms with Gasteiger partial charge in [0, 0.05) is 10.2 Å². The first-order valence-electron chi connectivity index (χ1n) is 7.37. The van der Waals surface area contributed by atoms with E-state index in [9.17, 15) is 4.79 Å². The number of rotatable bonds is 6. The van der Waals surface area contributed by atoms with Gasteiger partial charge in [-0.2, -0.15) is 11.8 Å². The Labute approximate surface area is 150 Å². The van der Waals surface area contributed by atoms with Gasteiger partial charge in [-0.15, -0.1) is 0 Å². The minimum Gasteiger partial charge on any atom is -0.324 e. The van der Waals surface area contributed by atoms with Crippen molar-refractivity contribution >= 4 is 39.3 Å². The van der Waals surface area contributed by atoms with Crippen LogP contribution in [0.2, 0.25) is 0 Å². The number of hydrogen-bond donors (Lipinski definition) is 2. The molecule has 2 rings (SSSR count). The highest BCUT2D eigenvalue weighted by Gasteiger charge is 2.30. The summed E-state index contributed by atoms with van der Waals surface area (Å²) in [6.45, 7) is 1.72. The van der Waals surface area contributed by atoms with E-state index in [-0.39, 0.29) is 5.91 Å². The van der Waals surface area contributed by atoms with Crippen LogP contribution >= 0.6 is 27.7 Å². The maximum Gasteiger partial charge on any atom is 0.248 e. The molecule has 0 bridgehead atoms. The number of halogens is 1. The van der Waals surface area contributed by atoms with E-state index in [1.54, 1.807) is 6.92 Å². The van der Waals surface area contributed by atoms with Crippen molar-refractivity contribution in [3.05, 3.63) is 64.1 Å². The first kappa shape index (κ1) is 18.0. The van der Waals surface area contributed by atoms with Crippen molar-refractivity contribution in [1.29, 1.82) is 0 Å². The molecule has 0 heterocycles. The molecule has 3 N–H and O–H groups in total. The molecule has 1 atom stereocenters. The lowest BCUT2D eigenvalue weighted by Crippen LogP contribution is -2.45. The van der Waals surface area contributed by atoms with Crippen molar-refractivity contribution in [2.24, 2.45) is 5.73 Å². The zero-order chi connectivity index (χ0) is 16.9. The zero-order valence-corrected chi connectivity index (χ0v) is 15.7. The highest BCUT2D eigenvalue weighted by molar-refractivity contribution is 9.10. The van der Waals surface area contributed by atoms with Gasteiger partial charge in [-0.1, -0.05) is 40.2 Å². The van der Waals surface area contributed by atoms with Crippen molar-refractivity contribution in [3.8, 4) is 0 Å². The van der Waals surface area contributed by atoms with E-state index in [0.29, 0.717) is 0 Å². The van der Waals surface area contributed by atoms with E-state index in [4.69, 9.17) is 5.73 Å². The summed E-state index contributed by atoms with van der Waals surface area (Å²) in [6.07, 6.45) is 3.13. The molecule has 0 radical (unpaired) electrons. The molecule has 1 amide bonds. The van der Waals surface area contributed by atoms with Gasteiger partial charge in [0.1, 0.15) is 5.54 Å². The third-order valence-electron chi connectivity index (χ3n) is 3.72. The highest BCUT2D eigenvalue weighted by atomic mass is 79.9. The molecule has 0 saturated carbocycles. The van der Waals surface area contributed by atoms with Gasteiger partial charge in [0.15, 0.2) is 0 Å². The van der Waals surface area contributed by atoms with Crippen LogP contribution in [0, 0.1) is 0 Å². The number of carbonyl (C=O) groups is 1. The molecule has 0 aliphatic rings. The molecule has 1 unspecified atom stereocenters. The molecule has 5 heteroatoms. The highest BCUT2D eigenvalue weighted by Crippen LogP contribution is 2.22. The lowest BCUT2D eigenvalue weighted by molar-refractivity contribution is -0.120. The quantitative estimate of drug-likeness (QED) is 0.775. The van der Waals surface area contributed by atoms with E-state index < -0.39 is 5.54 Å². The summed E-state index contributed by atoms with van der Waals surface area (Å²) in [5.74, 6) is 0.868. The molecule has 122 valence electrons. The maximum absolute atomic E-state index is 12.5. The second-order valence-corrected chi connectivity index (χ2v) is 7.50. The third-order valence-corrected chi connectivity index (χ3v) is 4.86. The van der Waals surface area contributed by atoms with Crippen LogP contribution < -0.4 is 11.1 Å². The largest absolute Gasteiger partial charge is 0.324 e. The van der Waals surface area contributed by atoms with Gasteiger partial charge in [-0.05, 0) is 60.7 Å². The average molecular weight is 393 g/mol. The summed E-state index contributed by atoms with van der Waals surface area (Å²) in [5, 5.41) is 2.90. The maximum atomic E-state index is 12.5. The lowest BCUT2D eigenvalue weighted by atomic mass is 9.92. The molecule has 0 saturated heterocycles. The monoisotopic (exact) mass is 392 g/mol. The summed E-state index contributed by atoms with van der Waals surface area (Å²) in [7, 11) is 0. The SMILES string of the molecule is CSCCc1ccc(NC(=O)C(C)(N)c2ccc(Br)cc2)cc1. The van der Waals surface area contributed by atoms with Crippen molar-refractivity contribution in [2.75, 3.05) is 17.3 Å². The van der Waals surface area contributed by atoms with Crippen LogP contribution in [-0.2, 0) is 16.8 Å². The van der Waals surface area contributed by atoms with Gasteiger partial charge in [-0.25, -0.2) is 0 Å². The summed E-state index contributed by atoms with van der Waals surface area (Å²) >= 11 is 5.21. The molecule has 2 aromatic carbocycles. The van der Waals surface area contributed by atoms with Gasteiger partial charge in [0.25, 0.3) is 0 Å². The second kappa shape index (κ2) is 7.99. The van der Waals surface area contributed by atoms with E-state index in [2.05, 4.69) is 27.5 Å². The Bertz CT molecular complexity index is 654. The molecule has 0 aliphatic carbocycles. The third kappa shape index (κ3) is 4.83. The molecular weight excluding hydrogens is 372 g/mol. The predicted octanol–water partition coefficient (Wildman–Crippen LogP) is 4.17. The topological polar surface area (TPSA) is 55.1 Å². The Kier molecular flexibility index (Phi) is 6.27. The van der Waals surface area contributed by atoms with Crippen molar-refractivity contribution < 1.29 is 4.79 Å². The first-order chi connectivity index (χ1) is 10.9. The predicted molar refractivity (Wildman–Crippen MR) is 103 cm³/mol. The van der Waals surface area contributed by atoms with Gasteiger partial charge < -0.3 is 11.1 Å². The molecule has 2 aromatic rings. The van der Waals surface area contributed by atoms with Crippen molar-refractivity contribution in [2.45, 2.75) is 18.9 Å². The number of thioether (sulfide) groups is 1. The van der Waals surface area contributed by atoms with Crippen LogP contribution in [0.4, 0.5) is 5.69 Å². The Morgan fingerprint density at radius 2 is 1.78 bits per heavy atom. The standard InChI is InChI=1S/C18H21BrN2OS/c1-18(20,14-5-7-15(19)8-6-14)17(22)21-16-9-3-13(4-10-16)11-12-23-2/h3-10H,11-12,20H2,1-2H3,(H,21,22). The van der Waals surface area contributed by atoms with Gasteiger partial charge in [0.05, 0.1) is 0 Å². The van der Waals surface area contributed by atoms with Gasteiger partial charge in [-0.3, -0.25) is 4.79 Å². The number of nitrogens with two attached hydrogens (primary N) is 1. The number of carbonyl (C=O) groups excluding carboxylic acids is 1. The molecule has 0 spiro atoms. The van der Waals surface area contributed by atoms with Crippen LogP contribution in [0.1, 0.15) is 18.1 Å². The summed E-state index contributed by atoms with van der Waals surface area (Å²) in [4.78, 5) is 12.5. The Morgan fingerprint density at radius 1 is 1.17 bits per heavy atom. The molecule has 0 aromatic heterocycles. The Balaban J connectivity index is 2.06. The fraction of sp³-hybridized carbons (Fsp3) is 0.278. The molecule has 0 aliphatic heterocycles.